The van der Waals surface area contributed by atoms with E-state index in [0.29, 0.717) is 12.1 Å². The lowest BCUT2D eigenvalue weighted by molar-refractivity contribution is -0.143. The molecule has 0 saturated carbocycles. The van der Waals surface area contributed by atoms with Gasteiger partial charge in [-0.3, -0.25) is 9.69 Å². The van der Waals surface area contributed by atoms with E-state index in [1.54, 1.807) is 35.4 Å². The number of hydrogen-bond donors (Lipinski definition) is 2. The van der Waals surface area contributed by atoms with Gasteiger partial charge in [0, 0.05) is 11.4 Å². The summed E-state index contributed by atoms with van der Waals surface area (Å²) in [5, 5.41) is 20.8. The molecule has 1 atom stereocenters. The van der Waals surface area contributed by atoms with Crippen molar-refractivity contribution in [2.45, 2.75) is 12.6 Å². The molecule has 0 bridgehead atoms. The second-order valence-corrected chi connectivity index (χ2v) is 5.36. The van der Waals surface area contributed by atoms with E-state index in [0.717, 1.165) is 4.88 Å². The summed E-state index contributed by atoms with van der Waals surface area (Å²) in [6.07, 6.45) is 0. The highest BCUT2D eigenvalue weighted by Crippen LogP contribution is 2.25. The molecule has 4 nitrogen and oxygen atoms in total. The summed E-state index contributed by atoms with van der Waals surface area (Å²) in [7, 11) is 1.77. The van der Waals surface area contributed by atoms with E-state index in [2.05, 4.69) is 0 Å². The molecule has 1 heterocycles. The first-order chi connectivity index (χ1) is 9.08. The van der Waals surface area contributed by atoms with Crippen LogP contribution in [0.25, 0.3) is 0 Å². The number of carbonyl (C=O) groups is 1. The van der Waals surface area contributed by atoms with E-state index < -0.39 is 12.0 Å². The van der Waals surface area contributed by atoms with E-state index in [1.165, 1.54) is 12.1 Å². The van der Waals surface area contributed by atoms with Gasteiger partial charge in [0.25, 0.3) is 0 Å². The quantitative estimate of drug-likeness (QED) is 0.882. The zero-order chi connectivity index (χ0) is 13.8. The zero-order valence-electron chi connectivity index (χ0n) is 10.5. The van der Waals surface area contributed by atoms with Crippen molar-refractivity contribution in [3.63, 3.8) is 0 Å². The average Bonchev–Trinajstić information content (AvgIpc) is 2.81. The Morgan fingerprint density at radius 2 is 2.16 bits per heavy atom. The third-order valence-corrected chi connectivity index (χ3v) is 3.71. The Kier molecular flexibility index (Phi) is 4.19. The van der Waals surface area contributed by atoms with Gasteiger partial charge in [-0.2, -0.15) is 0 Å². The van der Waals surface area contributed by atoms with Gasteiger partial charge in [0.1, 0.15) is 11.8 Å². The fourth-order valence-electron chi connectivity index (χ4n) is 2.02. The minimum Gasteiger partial charge on any atom is -0.508 e. The first kappa shape index (κ1) is 13.6. The number of carboxylic acid groups (broad SMARTS) is 1. The molecule has 0 amide bonds. The Labute approximate surface area is 115 Å². The Balaban J connectivity index is 2.22. The number of phenols is 1. The van der Waals surface area contributed by atoms with Crippen LogP contribution in [0.1, 0.15) is 16.5 Å². The summed E-state index contributed by atoms with van der Waals surface area (Å²) in [6.45, 7) is 0.560. The lowest BCUT2D eigenvalue weighted by atomic mass is 10.1. The number of nitrogens with zero attached hydrogens (tertiary/aromatic N) is 1. The van der Waals surface area contributed by atoms with Gasteiger partial charge in [0.05, 0.1) is 0 Å². The van der Waals surface area contributed by atoms with Crippen molar-refractivity contribution in [1.82, 2.24) is 4.90 Å². The maximum absolute atomic E-state index is 11.5. The van der Waals surface area contributed by atoms with E-state index in [9.17, 15) is 15.0 Å². The van der Waals surface area contributed by atoms with Crippen LogP contribution in [-0.2, 0) is 11.3 Å². The molecule has 0 unspecified atom stereocenters. The Morgan fingerprint density at radius 3 is 2.74 bits per heavy atom. The number of phenolic OH excluding ortho intramolecular Hbond substituents is 1. The number of aliphatic carboxylic acids is 1. The highest BCUT2D eigenvalue weighted by Gasteiger charge is 2.25. The van der Waals surface area contributed by atoms with Gasteiger partial charge in [-0.25, -0.2) is 0 Å². The van der Waals surface area contributed by atoms with Gasteiger partial charge in [-0.1, -0.05) is 18.2 Å². The smallest absolute Gasteiger partial charge is 0.325 e. The molecular formula is C14H15NO3S. The van der Waals surface area contributed by atoms with E-state index >= 15 is 0 Å². The first-order valence-electron chi connectivity index (χ1n) is 5.82. The summed E-state index contributed by atoms with van der Waals surface area (Å²) in [6, 6.07) is 9.53. The van der Waals surface area contributed by atoms with Crippen LogP contribution in [0.5, 0.6) is 5.75 Å². The maximum Gasteiger partial charge on any atom is 0.325 e. The van der Waals surface area contributed by atoms with E-state index in [1.807, 2.05) is 17.5 Å². The summed E-state index contributed by atoms with van der Waals surface area (Å²) >= 11 is 1.59. The van der Waals surface area contributed by atoms with Crippen LogP contribution < -0.4 is 0 Å². The average molecular weight is 277 g/mol. The molecule has 0 radical (unpaired) electrons. The molecule has 2 aromatic rings. The highest BCUT2D eigenvalue weighted by molar-refractivity contribution is 7.09. The fourth-order valence-corrected chi connectivity index (χ4v) is 2.79. The van der Waals surface area contributed by atoms with Gasteiger partial charge < -0.3 is 10.2 Å². The molecule has 0 aliphatic heterocycles. The number of carboxylic acids is 1. The molecule has 1 aromatic carbocycles. The summed E-state index contributed by atoms with van der Waals surface area (Å²) in [5.41, 5.74) is 0.576. The standard InChI is InChI=1S/C14H15NO3S/c1-15(9-12-6-3-7-19-12)13(14(17)18)10-4-2-5-11(16)8-10/h2-8,13,16H,9H2,1H3,(H,17,18)/t13-/m1/s1. The molecule has 100 valence electrons. The molecule has 1 aromatic heterocycles. The third kappa shape index (κ3) is 3.33. The predicted molar refractivity (Wildman–Crippen MR) is 74.3 cm³/mol. The first-order valence-corrected chi connectivity index (χ1v) is 6.70. The van der Waals surface area contributed by atoms with E-state index in [4.69, 9.17) is 0 Å². The van der Waals surface area contributed by atoms with Crippen molar-refractivity contribution < 1.29 is 15.0 Å². The van der Waals surface area contributed by atoms with Crippen LogP contribution in [-0.4, -0.2) is 28.1 Å². The van der Waals surface area contributed by atoms with Gasteiger partial charge in [0.15, 0.2) is 0 Å². The summed E-state index contributed by atoms with van der Waals surface area (Å²) in [4.78, 5) is 14.3. The summed E-state index contributed by atoms with van der Waals surface area (Å²) < 4.78 is 0. The minimum atomic E-state index is -0.926. The Morgan fingerprint density at radius 1 is 1.37 bits per heavy atom. The normalized spacial score (nSPS) is 12.5. The van der Waals surface area contributed by atoms with Crippen molar-refractivity contribution in [1.29, 1.82) is 0 Å². The largest absolute Gasteiger partial charge is 0.508 e. The lowest BCUT2D eigenvalue weighted by Gasteiger charge is -2.24. The SMILES string of the molecule is CN(Cc1cccs1)[C@@H](C(=O)O)c1cccc(O)c1. The van der Waals surface area contributed by atoms with Crippen molar-refractivity contribution in [3.8, 4) is 5.75 Å². The lowest BCUT2D eigenvalue weighted by Crippen LogP contribution is -2.30. The predicted octanol–water partition coefficient (Wildman–Crippen LogP) is 2.71. The van der Waals surface area contributed by atoms with Crippen LogP contribution in [0.15, 0.2) is 41.8 Å². The second-order valence-electron chi connectivity index (χ2n) is 4.33. The summed E-state index contributed by atoms with van der Waals surface area (Å²) in [5.74, 6) is -0.849. The Bertz CT molecular complexity index is 554. The number of likely N-dealkylation sites (N-methyl/N-ethyl adjacent to an activating group) is 1. The van der Waals surface area contributed by atoms with Crippen LogP contribution in [0.3, 0.4) is 0 Å². The van der Waals surface area contributed by atoms with Crippen molar-refractivity contribution in [3.05, 3.63) is 52.2 Å². The minimum absolute atomic E-state index is 0.0771. The maximum atomic E-state index is 11.5. The molecule has 0 aliphatic carbocycles. The van der Waals surface area contributed by atoms with Gasteiger partial charge >= 0.3 is 5.97 Å². The molecule has 0 fully saturated rings. The van der Waals surface area contributed by atoms with Crippen molar-refractivity contribution in [2.75, 3.05) is 7.05 Å². The second kappa shape index (κ2) is 5.86. The molecule has 0 aliphatic rings. The van der Waals surface area contributed by atoms with E-state index in [-0.39, 0.29) is 5.75 Å². The number of aromatic hydroxyl groups is 1. The van der Waals surface area contributed by atoms with Crippen LogP contribution in [0.2, 0.25) is 0 Å². The molecule has 19 heavy (non-hydrogen) atoms. The molecule has 2 N–H and O–H groups in total. The van der Waals surface area contributed by atoms with Crippen LogP contribution in [0, 0.1) is 0 Å². The number of rotatable bonds is 5. The number of thiophene rings is 1. The Hall–Kier alpha value is -1.85. The van der Waals surface area contributed by atoms with Gasteiger partial charge in [-0.15, -0.1) is 11.3 Å². The van der Waals surface area contributed by atoms with Gasteiger partial charge in [-0.05, 0) is 36.2 Å². The zero-order valence-corrected chi connectivity index (χ0v) is 11.3. The fraction of sp³-hybridized carbons (Fsp3) is 0.214. The number of benzene rings is 1. The van der Waals surface area contributed by atoms with Crippen molar-refractivity contribution >= 4 is 17.3 Å². The molecule has 0 saturated heterocycles. The molecule has 5 heteroatoms. The molecular weight excluding hydrogens is 262 g/mol. The van der Waals surface area contributed by atoms with Gasteiger partial charge in [0.2, 0.25) is 0 Å². The van der Waals surface area contributed by atoms with Crippen molar-refractivity contribution in [2.24, 2.45) is 0 Å². The molecule has 0 spiro atoms. The van der Waals surface area contributed by atoms with Crippen LogP contribution in [0.4, 0.5) is 0 Å². The molecule has 2 rings (SSSR count). The van der Waals surface area contributed by atoms with Crippen LogP contribution >= 0.6 is 11.3 Å². The highest BCUT2D eigenvalue weighted by atomic mass is 32.1. The topological polar surface area (TPSA) is 60.8 Å². The third-order valence-electron chi connectivity index (χ3n) is 2.85. The number of hydrogen-bond acceptors (Lipinski definition) is 4. The monoisotopic (exact) mass is 277 g/mol.